The number of carbonyl (C=O) groups is 1. The number of amides is 1. The molecule has 2 aliphatic heterocycles. The second-order valence-electron chi connectivity index (χ2n) is 5.14. The summed E-state index contributed by atoms with van der Waals surface area (Å²) in [6.45, 7) is 2.41. The van der Waals surface area contributed by atoms with Crippen LogP contribution < -0.4 is 15.4 Å². The number of hydrogen-bond donors (Lipinski definition) is 2. The molecule has 0 radical (unpaired) electrons. The number of morpholine rings is 1. The first-order valence-electron chi connectivity index (χ1n) is 6.86. The Labute approximate surface area is 132 Å². The average Bonchev–Trinajstić information content (AvgIpc) is 2.87. The molecule has 1 saturated heterocycles. The fourth-order valence-electron chi connectivity index (χ4n) is 2.57. The van der Waals surface area contributed by atoms with Crippen molar-refractivity contribution in [1.82, 2.24) is 10.6 Å². The van der Waals surface area contributed by atoms with E-state index in [1.165, 1.54) is 0 Å². The fourth-order valence-corrected chi connectivity index (χ4v) is 2.95. The topological polar surface area (TPSA) is 59.6 Å². The molecule has 0 spiro atoms. The van der Waals surface area contributed by atoms with Crippen molar-refractivity contribution in [3.8, 4) is 5.75 Å². The van der Waals surface area contributed by atoms with E-state index in [0.29, 0.717) is 42.0 Å². The third kappa shape index (κ3) is 3.26. The van der Waals surface area contributed by atoms with E-state index in [4.69, 9.17) is 32.7 Å². The first-order chi connectivity index (χ1) is 10.1. The summed E-state index contributed by atoms with van der Waals surface area (Å²) < 4.78 is 10.9. The van der Waals surface area contributed by atoms with Gasteiger partial charge in [0.25, 0.3) is 0 Å². The molecule has 7 heteroatoms. The van der Waals surface area contributed by atoms with Crippen molar-refractivity contribution in [3.63, 3.8) is 0 Å². The van der Waals surface area contributed by atoms with Crippen LogP contribution >= 0.6 is 23.2 Å². The van der Waals surface area contributed by atoms with Gasteiger partial charge in [-0.05, 0) is 6.07 Å². The van der Waals surface area contributed by atoms with Crippen LogP contribution in [0.2, 0.25) is 10.0 Å². The van der Waals surface area contributed by atoms with Crippen LogP contribution in [-0.2, 0) is 9.53 Å². The van der Waals surface area contributed by atoms with E-state index in [1.54, 1.807) is 6.07 Å². The van der Waals surface area contributed by atoms with Crippen molar-refractivity contribution >= 4 is 29.1 Å². The van der Waals surface area contributed by atoms with Crippen molar-refractivity contribution in [2.45, 2.75) is 18.5 Å². The Hall–Kier alpha value is -1.01. The van der Waals surface area contributed by atoms with Gasteiger partial charge in [0.1, 0.15) is 17.4 Å². The zero-order valence-corrected chi connectivity index (χ0v) is 12.8. The molecule has 2 unspecified atom stereocenters. The van der Waals surface area contributed by atoms with Crippen LogP contribution in [0.4, 0.5) is 0 Å². The Bertz CT molecular complexity index is 547. The molecule has 2 heterocycles. The van der Waals surface area contributed by atoms with Crippen molar-refractivity contribution < 1.29 is 14.3 Å². The smallest absolute Gasteiger partial charge is 0.222 e. The van der Waals surface area contributed by atoms with Crippen LogP contribution in [0.15, 0.2) is 12.1 Å². The van der Waals surface area contributed by atoms with Gasteiger partial charge in [0.05, 0.1) is 24.3 Å². The Balaban J connectivity index is 1.62. The van der Waals surface area contributed by atoms with Gasteiger partial charge in [0, 0.05) is 24.6 Å². The van der Waals surface area contributed by atoms with Crippen LogP contribution in [-0.4, -0.2) is 38.3 Å². The van der Waals surface area contributed by atoms with Crippen LogP contribution in [0, 0.1) is 0 Å². The van der Waals surface area contributed by atoms with E-state index in [0.717, 1.165) is 12.1 Å². The Kier molecular flexibility index (Phi) is 4.54. The molecular formula is C14H16Cl2N2O3. The van der Waals surface area contributed by atoms with Crippen molar-refractivity contribution in [1.29, 1.82) is 0 Å². The lowest BCUT2D eigenvalue weighted by Gasteiger charge is -2.23. The maximum absolute atomic E-state index is 12.1. The highest BCUT2D eigenvalue weighted by molar-refractivity contribution is 6.43. The summed E-state index contributed by atoms with van der Waals surface area (Å²) in [5, 5.41) is 7.07. The number of rotatable bonds is 3. The fraction of sp³-hybridized carbons (Fsp3) is 0.500. The quantitative estimate of drug-likeness (QED) is 0.889. The third-order valence-electron chi connectivity index (χ3n) is 3.62. The highest BCUT2D eigenvalue weighted by atomic mass is 35.5. The molecule has 0 saturated carbocycles. The van der Waals surface area contributed by atoms with Crippen molar-refractivity contribution in [2.75, 3.05) is 26.4 Å². The van der Waals surface area contributed by atoms with Crippen LogP contribution in [0.3, 0.4) is 0 Å². The predicted octanol–water partition coefficient (Wildman–Crippen LogP) is 1.92. The zero-order chi connectivity index (χ0) is 14.8. The normalized spacial score (nSPS) is 24.3. The van der Waals surface area contributed by atoms with Crippen LogP contribution in [0.5, 0.6) is 5.75 Å². The summed E-state index contributed by atoms with van der Waals surface area (Å²) in [5.41, 5.74) is 0.866. The number of hydrogen-bond acceptors (Lipinski definition) is 4. The molecule has 114 valence electrons. The molecule has 5 nitrogen and oxygen atoms in total. The summed E-state index contributed by atoms with van der Waals surface area (Å²) in [5.74, 6) is 0.527. The molecule has 2 aliphatic rings. The van der Waals surface area contributed by atoms with Gasteiger partial charge >= 0.3 is 0 Å². The monoisotopic (exact) mass is 330 g/mol. The molecule has 3 rings (SSSR count). The number of nitrogens with one attached hydrogen (secondary N) is 2. The van der Waals surface area contributed by atoms with Crippen molar-refractivity contribution in [3.05, 3.63) is 27.7 Å². The Morgan fingerprint density at radius 1 is 1.38 bits per heavy atom. The SMILES string of the molecule is O=C(CC1COCCN1)NC1COc2c1ccc(Cl)c2Cl. The second-order valence-corrected chi connectivity index (χ2v) is 5.93. The van der Waals surface area contributed by atoms with Gasteiger partial charge in [-0.2, -0.15) is 0 Å². The van der Waals surface area contributed by atoms with Gasteiger partial charge in [-0.3, -0.25) is 4.79 Å². The lowest BCUT2D eigenvalue weighted by Crippen LogP contribution is -2.44. The standard InChI is InChI=1S/C14H16Cl2N2O3/c15-10-2-1-9-11(7-21-14(9)13(10)16)18-12(19)5-8-6-20-4-3-17-8/h1-2,8,11,17H,3-7H2,(H,18,19). The van der Waals surface area contributed by atoms with E-state index in [9.17, 15) is 4.79 Å². The molecule has 1 aromatic rings. The number of fused-ring (bicyclic) bond motifs is 1. The highest BCUT2D eigenvalue weighted by Gasteiger charge is 2.29. The largest absolute Gasteiger partial charge is 0.489 e. The van der Waals surface area contributed by atoms with Gasteiger partial charge in [-0.15, -0.1) is 0 Å². The molecular weight excluding hydrogens is 315 g/mol. The zero-order valence-electron chi connectivity index (χ0n) is 11.3. The first-order valence-corrected chi connectivity index (χ1v) is 7.62. The van der Waals surface area contributed by atoms with Gasteiger partial charge in [-0.1, -0.05) is 29.3 Å². The number of halogens is 2. The van der Waals surface area contributed by atoms with Gasteiger partial charge in [-0.25, -0.2) is 0 Å². The summed E-state index contributed by atoms with van der Waals surface area (Å²) in [4.78, 5) is 12.1. The summed E-state index contributed by atoms with van der Waals surface area (Å²) in [6, 6.07) is 3.43. The highest BCUT2D eigenvalue weighted by Crippen LogP contribution is 2.42. The van der Waals surface area contributed by atoms with E-state index >= 15 is 0 Å². The lowest BCUT2D eigenvalue weighted by atomic mass is 10.1. The number of benzene rings is 1. The predicted molar refractivity (Wildman–Crippen MR) is 80.1 cm³/mol. The second kappa shape index (κ2) is 6.40. The minimum atomic E-state index is -0.188. The average molecular weight is 331 g/mol. The molecule has 1 aromatic carbocycles. The molecule has 0 aromatic heterocycles. The maximum atomic E-state index is 12.1. The van der Waals surface area contributed by atoms with Gasteiger partial charge < -0.3 is 20.1 Å². The molecule has 0 aliphatic carbocycles. The van der Waals surface area contributed by atoms with Gasteiger partial charge in [0.2, 0.25) is 5.91 Å². The Morgan fingerprint density at radius 2 is 2.24 bits per heavy atom. The molecule has 0 bridgehead atoms. The van der Waals surface area contributed by atoms with Crippen LogP contribution in [0.1, 0.15) is 18.0 Å². The minimum Gasteiger partial charge on any atom is -0.489 e. The summed E-state index contributed by atoms with van der Waals surface area (Å²) >= 11 is 12.1. The summed E-state index contributed by atoms with van der Waals surface area (Å²) in [7, 11) is 0. The Morgan fingerprint density at radius 3 is 3.00 bits per heavy atom. The lowest BCUT2D eigenvalue weighted by molar-refractivity contribution is -0.123. The van der Waals surface area contributed by atoms with Gasteiger partial charge in [0.15, 0.2) is 0 Å². The molecule has 1 amide bonds. The molecule has 2 N–H and O–H groups in total. The molecule has 21 heavy (non-hydrogen) atoms. The number of carbonyl (C=O) groups excluding carboxylic acids is 1. The van der Waals surface area contributed by atoms with E-state index < -0.39 is 0 Å². The maximum Gasteiger partial charge on any atom is 0.222 e. The van der Waals surface area contributed by atoms with E-state index in [2.05, 4.69) is 10.6 Å². The molecule has 1 fully saturated rings. The third-order valence-corrected chi connectivity index (χ3v) is 4.40. The minimum absolute atomic E-state index is 0.0366. The summed E-state index contributed by atoms with van der Waals surface area (Å²) in [6.07, 6.45) is 0.382. The van der Waals surface area contributed by atoms with Crippen molar-refractivity contribution in [2.24, 2.45) is 0 Å². The van der Waals surface area contributed by atoms with Crippen LogP contribution in [0.25, 0.3) is 0 Å². The first kappa shape index (κ1) is 14.9. The number of ether oxygens (including phenoxy) is 2. The van der Waals surface area contributed by atoms with E-state index in [1.807, 2.05) is 6.07 Å². The molecule has 2 atom stereocenters. The van der Waals surface area contributed by atoms with E-state index in [-0.39, 0.29) is 18.0 Å².